The average molecular weight is 183 g/mol. The summed E-state index contributed by atoms with van der Waals surface area (Å²) in [7, 11) is 0. The van der Waals surface area contributed by atoms with E-state index < -0.39 is 0 Å². The molecule has 0 bridgehead atoms. The Morgan fingerprint density at radius 3 is 1.77 bits per heavy atom. The van der Waals surface area contributed by atoms with E-state index in [2.05, 4.69) is 34.1 Å². The van der Waals surface area contributed by atoms with Gasteiger partial charge < -0.3 is 0 Å². The molecule has 1 aliphatic rings. The molecule has 0 fully saturated rings. The zero-order valence-corrected chi connectivity index (χ0v) is 10.4. The minimum atomic E-state index is 1.23. The van der Waals surface area contributed by atoms with Gasteiger partial charge in [0.15, 0.2) is 0 Å². The van der Waals surface area contributed by atoms with Crippen molar-refractivity contribution in [3.05, 3.63) is 17.6 Å². The number of hydrogen-bond donors (Lipinski definition) is 0. The van der Waals surface area contributed by atoms with Crippen molar-refractivity contribution in [2.24, 2.45) is 0 Å². The van der Waals surface area contributed by atoms with Crippen molar-refractivity contribution in [3.8, 4) is 0 Å². The maximum atomic E-state index is 2.36. The second kappa shape index (κ2) is 11.7. The molecule has 1 aliphatic carbocycles. The minimum absolute atomic E-state index is 1.23. The third-order valence-corrected chi connectivity index (χ3v) is 1.90. The summed E-state index contributed by atoms with van der Waals surface area (Å²) in [4.78, 5) is 0. The standard InChI is InChI=1S/C8H13.C3H8.C2H6/c1-7-5-3-4-6-8(7)2;1-3-2;1-2/h3H,4-6H2,1-2H3;3H2,1-2H3;1-2H3. The van der Waals surface area contributed by atoms with E-state index in [4.69, 9.17) is 0 Å². The first-order valence-corrected chi connectivity index (χ1v) is 5.69. The van der Waals surface area contributed by atoms with Crippen molar-refractivity contribution in [1.29, 1.82) is 0 Å². The van der Waals surface area contributed by atoms with Gasteiger partial charge in [-0.3, -0.25) is 0 Å². The molecule has 13 heavy (non-hydrogen) atoms. The average Bonchev–Trinajstić information content (AvgIpc) is 2.15. The van der Waals surface area contributed by atoms with E-state index in [9.17, 15) is 0 Å². The highest BCUT2D eigenvalue weighted by molar-refractivity contribution is 5.15. The van der Waals surface area contributed by atoms with Gasteiger partial charge in [-0.1, -0.05) is 45.3 Å². The second-order valence-electron chi connectivity index (χ2n) is 3.30. The highest BCUT2D eigenvalue weighted by atomic mass is 14.1. The van der Waals surface area contributed by atoms with Gasteiger partial charge in [-0.05, 0) is 39.5 Å². The molecular formula is C13H27. The van der Waals surface area contributed by atoms with Crippen molar-refractivity contribution < 1.29 is 0 Å². The molecule has 0 aliphatic heterocycles. The zero-order chi connectivity index (χ0) is 10.7. The lowest BCUT2D eigenvalue weighted by molar-refractivity contribution is 0.806. The van der Waals surface area contributed by atoms with Crippen LogP contribution in [0.1, 0.15) is 67.2 Å². The van der Waals surface area contributed by atoms with Gasteiger partial charge in [0, 0.05) is 0 Å². The van der Waals surface area contributed by atoms with E-state index in [-0.39, 0.29) is 0 Å². The lowest BCUT2D eigenvalue weighted by Crippen LogP contribution is -1.93. The number of hydrogen-bond acceptors (Lipinski definition) is 0. The summed E-state index contributed by atoms with van der Waals surface area (Å²) in [5.41, 5.74) is 3.18. The van der Waals surface area contributed by atoms with Gasteiger partial charge in [-0.25, -0.2) is 0 Å². The molecule has 0 amide bonds. The summed E-state index contributed by atoms with van der Waals surface area (Å²) in [5, 5.41) is 0. The molecule has 0 heteroatoms. The molecule has 0 heterocycles. The van der Waals surface area contributed by atoms with Gasteiger partial charge in [-0.2, -0.15) is 0 Å². The molecule has 0 saturated carbocycles. The molecule has 0 spiro atoms. The Morgan fingerprint density at radius 1 is 1.08 bits per heavy atom. The third kappa shape index (κ3) is 9.66. The van der Waals surface area contributed by atoms with Crippen LogP contribution < -0.4 is 0 Å². The van der Waals surface area contributed by atoms with Gasteiger partial charge in [0.1, 0.15) is 0 Å². The van der Waals surface area contributed by atoms with Crippen molar-refractivity contribution in [3.63, 3.8) is 0 Å². The first kappa shape index (κ1) is 15.2. The first-order chi connectivity index (χ1) is 6.22. The van der Waals surface area contributed by atoms with Crippen molar-refractivity contribution in [2.75, 3.05) is 0 Å². The lowest BCUT2D eigenvalue weighted by atomic mass is 9.94. The van der Waals surface area contributed by atoms with E-state index in [1.807, 2.05) is 13.8 Å². The maximum absolute atomic E-state index is 2.36. The number of allylic oxidation sites excluding steroid dienone is 2. The van der Waals surface area contributed by atoms with Crippen LogP contribution in [-0.2, 0) is 0 Å². The quantitative estimate of drug-likeness (QED) is 0.455. The van der Waals surface area contributed by atoms with E-state index >= 15 is 0 Å². The molecule has 0 aromatic rings. The maximum Gasteiger partial charge on any atom is -0.0289 e. The highest BCUT2D eigenvalue weighted by Gasteiger charge is 2.02. The fraction of sp³-hybridized carbons (Fsp3) is 0.769. The van der Waals surface area contributed by atoms with Gasteiger partial charge in [0.05, 0.1) is 0 Å². The smallest absolute Gasteiger partial charge is 0.0289 e. The van der Waals surface area contributed by atoms with Gasteiger partial charge in [0.25, 0.3) is 0 Å². The van der Waals surface area contributed by atoms with E-state index in [0.717, 1.165) is 0 Å². The van der Waals surface area contributed by atoms with Gasteiger partial charge in [0.2, 0.25) is 0 Å². The molecule has 0 unspecified atom stereocenters. The fourth-order valence-electron chi connectivity index (χ4n) is 1.02. The highest BCUT2D eigenvalue weighted by Crippen LogP contribution is 2.22. The molecule has 1 rings (SSSR count). The van der Waals surface area contributed by atoms with Crippen LogP contribution in [0.25, 0.3) is 0 Å². The third-order valence-electron chi connectivity index (χ3n) is 1.90. The summed E-state index contributed by atoms with van der Waals surface area (Å²) in [6, 6.07) is 0. The van der Waals surface area contributed by atoms with Crippen LogP contribution in [0.2, 0.25) is 0 Å². The lowest BCUT2D eigenvalue weighted by Gasteiger charge is -2.12. The summed E-state index contributed by atoms with van der Waals surface area (Å²) in [5.74, 6) is 0. The van der Waals surface area contributed by atoms with E-state index in [0.29, 0.717) is 0 Å². The van der Waals surface area contributed by atoms with Crippen LogP contribution in [0.3, 0.4) is 0 Å². The van der Waals surface area contributed by atoms with Crippen LogP contribution in [0, 0.1) is 6.42 Å². The summed E-state index contributed by atoms with van der Waals surface area (Å²) >= 11 is 0. The first-order valence-electron chi connectivity index (χ1n) is 5.69. The Kier molecular flexibility index (Phi) is 13.7. The molecule has 0 aromatic carbocycles. The molecule has 0 N–H and O–H groups in total. The van der Waals surface area contributed by atoms with Crippen molar-refractivity contribution in [2.45, 2.75) is 67.2 Å². The monoisotopic (exact) mass is 183 g/mol. The number of rotatable bonds is 0. The molecular weight excluding hydrogens is 156 g/mol. The van der Waals surface area contributed by atoms with Crippen molar-refractivity contribution in [1.82, 2.24) is 0 Å². The second-order valence-corrected chi connectivity index (χ2v) is 3.30. The molecule has 0 nitrogen and oxygen atoms in total. The fourth-order valence-corrected chi connectivity index (χ4v) is 1.02. The van der Waals surface area contributed by atoms with Crippen LogP contribution in [0.4, 0.5) is 0 Å². The zero-order valence-electron chi connectivity index (χ0n) is 10.4. The molecule has 79 valence electrons. The predicted molar refractivity (Wildman–Crippen MR) is 63.8 cm³/mol. The summed E-state index contributed by atoms with van der Waals surface area (Å²) in [6.45, 7) is 12.7. The largest absolute Gasteiger partial charge is 0.0744 e. The van der Waals surface area contributed by atoms with Crippen LogP contribution >= 0.6 is 0 Å². The SMILES string of the molecule is CC.CC1=C(C)CC[CH]C1.CCC. The Labute approximate surface area is 85.4 Å². The van der Waals surface area contributed by atoms with Gasteiger partial charge in [-0.15, -0.1) is 0 Å². The van der Waals surface area contributed by atoms with Crippen molar-refractivity contribution >= 4 is 0 Å². The molecule has 0 atom stereocenters. The van der Waals surface area contributed by atoms with E-state index in [1.165, 1.54) is 25.7 Å². The summed E-state index contributed by atoms with van der Waals surface area (Å²) < 4.78 is 0. The van der Waals surface area contributed by atoms with Crippen LogP contribution in [0.15, 0.2) is 11.1 Å². The van der Waals surface area contributed by atoms with Crippen LogP contribution in [0.5, 0.6) is 0 Å². The Morgan fingerprint density at radius 2 is 1.54 bits per heavy atom. The Balaban J connectivity index is 0. The molecule has 0 aromatic heterocycles. The Hall–Kier alpha value is -0.260. The molecule has 0 saturated heterocycles. The topological polar surface area (TPSA) is 0 Å². The van der Waals surface area contributed by atoms with Gasteiger partial charge >= 0.3 is 0 Å². The Bertz CT molecular complexity index is 106. The predicted octanol–water partition coefficient (Wildman–Crippen LogP) is 5.15. The minimum Gasteiger partial charge on any atom is -0.0744 e. The normalized spacial score (nSPS) is 15.2. The summed E-state index contributed by atoms with van der Waals surface area (Å²) in [6.07, 6.45) is 7.43. The van der Waals surface area contributed by atoms with E-state index in [1.54, 1.807) is 11.1 Å². The molecule has 1 radical (unpaired) electrons. The van der Waals surface area contributed by atoms with Crippen LogP contribution in [-0.4, -0.2) is 0 Å².